The Morgan fingerprint density at radius 2 is 1.74 bits per heavy atom. The Labute approximate surface area is 115 Å². The zero-order chi connectivity index (χ0) is 14.7. The van der Waals surface area contributed by atoms with Crippen molar-refractivity contribution >= 4 is 11.9 Å². The molecule has 0 heterocycles. The molecule has 0 aromatic heterocycles. The van der Waals surface area contributed by atoms with Gasteiger partial charge in [-0.3, -0.25) is 9.59 Å². The summed E-state index contributed by atoms with van der Waals surface area (Å²) in [6.07, 6.45) is 6.68. The van der Waals surface area contributed by atoms with Crippen LogP contribution < -0.4 is 0 Å². The number of methoxy groups -OCH3 is 2. The summed E-state index contributed by atoms with van der Waals surface area (Å²) in [6, 6.07) is 0. The van der Waals surface area contributed by atoms with E-state index in [1.54, 1.807) is 6.08 Å². The fourth-order valence-electron chi connectivity index (χ4n) is 2.00. The molecule has 0 rings (SSSR count). The minimum Gasteiger partial charge on any atom is -0.468 e. The van der Waals surface area contributed by atoms with Crippen LogP contribution in [0.1, 0.15) is 39.0 Å². The number of hydrogen-bond donors (Lipinski definition) is 0. The summed E-state index contributed by atoms with van der Waals surface area (Å²) in [6.45, 7) is 5.64. The molecular weight excluding hydrogens is 244 g/mol. The van der Waals surface area contributed by atoms with Gasteiger partial charge in [-0.05, 0) is 12.5 Å². The first kappa shape index (κ1) is 17.5. The van der Waals surface area contributed by atoms with E-state index in [0.717, 1.165) is 32.1 Å². The highest BCUT2D eigenvalue weighted by atomic mass is 16.5. The average molecular weight is 268 g/mol. The number of rotatable bonds is 9. The van der Waals surface area contributed by atoms with Gasteiger partial charge >= 0.3 is 11.9 Å². The van der Waals surface area contributed by atoms with Crippen molar-refractivity contribution in [3.63, 3.8) is 0 Å². The van der Waals surface area contributed by atoms with E-state index < -0.39 is 17.9 Å². The van der Waals surface area contributed by atoms with Crippen molar-refractivity contribution in [3.05, 3.63) is 18.4 Å². The van der Waals surface area contributed by atoms with Crippen LogP contribution in [0.5, 0.6) is 0 Å². The smallest absolute Gasteiger partial charge is 0.320 e. The van der Waals surface area contributed by atoms with Crippen LogP contribution in [-0.4, -0.2) is 26.2 Å². The van der Waals surface area contributed by atoms with Crippen molar-refractivity contribution in [2.24, 2.45) is 11.8 Å². The summed E-state index contributed by atoms with van der Waals surface area (Å²) >= 11 is 0. The maximum atomic E-state index is 11.7. The van der Waals surface area contributed by atoms with Gasteiger partial charge in [-0.2, -0.15) is 0 Å². The third-order valence-electron chi connectivity index (χ3n) is 3.06. The van der Waals surface area contributed by atoms with Crippen molar-refractivity contribution in [1.82, 2.24) is 0 Å². The van der Waals surface area contributed by atoms with E-state index in [1.165, 1.54) is 14.2 Å². The second-order valence-electron chi connectivity index (χ2n) is 4.41. The first-order valence-electron chi connectivity index (χ1n) is 6.63. The van der Waals surface area contributed by atoms with Gasteiger partial charge in [-0.1, -0.05) is 39.2 Å². The summed E-state index contributed by atoms with van der Waals surface area (Å²) in [5, 5.41) is 0. The van der Waals surface area contributed by atoms with Crippen LogP contribution in [0.2, 0.25) is 0 Å². The first-order valence-corrected chi connectivity index (χ1v) is 6.63. The highest BCUT2D eigenvalue weighted by molar-refractivity contribution is 5.95. The van der Waals surface area contributed by atoms with E-state index in [4.69, 9.17) is 0 Å². The quantitative estimate of drug-likeness (QED) is 0.279. The SMILES string of the molecule is C=C=C[C@H](CCCCCC)C(C(=O)OC)C(=O)OC. The summed E-state index contributed by atoms with van der Waals surface area (Å²) < 4.78 is 9.36. The fourth-order valence-corrected chi connectivity index (χ4v) is 2.00. The van der Waals surface area contributed by atoms with Gasteiger partial charge < -0.3 is 9.47 Å². The van der Waals surface area contributed by atoms with Crippen LogP contribution >= 0.6 is 0 Å². The van der Waals surface area contributed by atoms with Gasteiger partial charge in [-0.15, -0.1) is 5.73 Å². The van der Waals surface area contributed by atoms with Gasteiger partial charge in [-0.25, -0.2) is 0 Å². The van der Waals surface area contributed by atoms with Gasteiger partial charge in [0.1, 0.15) is 0 Å². The third kappa shape index (κ3) is 6.25. The molecule has 0 aliphatic carbocycles. The lowest BCUT2D eigenvalue weighted by molar-refractivity contribution is -0.160. The molecule has 0 unspecified atom stereocenters. The van der Waals surface area contributed by atoms with Gasteiger partial charge in [0.25, 0.3) is 0 Å². The largest absolute Gasteiger partial charge is 0.468 e. The summed E-state index contributed by atoms with van der Waals surface area (Å²) in [7, 11) is 2.54. The van der Waals surface area contributed by atoms with Crippen LogP contribution in [0.4, 0.5) is 0 Å². The molecule has 4 heteroatoms. The lowest BCUT2D eigenvalue weighted by Crippen LogP contribution is -2.32. The minimum atomic E-state index is -0.925. The van der Waals surface area contributed by atoms with Crippen LogP contribution in [0.25, 0.3) is 0 Å². The van der Waals surface area contributed by atoms with E-state index in [1.807, 2.05) is 0 Å². The van der Waals surface area contributed by atoms with Crippen molar-refractivity contribution in [2.75, 3.05) is 14.2 Å². The molecule has 0 saturated carbocycles. The van der Waals surface area contributed by atoms with E-state index in [-0.39, 0.29) is 5.92 Å². The Kier molecular flexibility index (Phi) is 9.55. The van der Waals surface area contributed by atoms with Gasteiger partial charge in [0.05, 0.1) is 14.2 Å². The average Bonchev–Trinajstić information content (AvgIpc) is 2.43. The van der Waals surface area contributed by atoms with E-state index in [9.17, 15) is 9.59 Å². The Morgan fingerprint density at radius 1 is 1.16 bits per heavy atom. The zero-order valence-electron chi connectivity index (χ0n) is 12.1. The number of hydrogen-bond acceptors (Lipinski definition) is 4. The number of unbranched alkanes of at least 4 members (excludes halogenated alkanes) is 3. The summed E-state index contributed by atoms with van der Waals surface area (Å²) in [5.41, 5.74) is 2.66. The Balaban J connectivity index is 4.80. The Morgan fingerprint density at radius 3 is 2.16 bits per heavy atom. The van der Waals surface area contributed by atoms with Crippen molar-refractivity contribution in [1.29, 1.82) is 0 Å². The Bertz CT molecular complexity index is 313. The molecule has 0 amide bonds. The lowest BCUT2D eigenvalue weighted by Gasteiger charge is -2.19. The second kappa shape index (κ2) is 10.4. The molecule has 0 aromatic rings. The van der Waals surface area contributed by atoms with E-state index in [0.29, 0.717) is 0 Å². The predicted molar refractivity (Wildman–Crippen MR) is 73.5 cm³/mol. The maximum Gasteiger partial charge on any atom is 0.320 e. The van der Waals surface area contributed by atoms with E-state index >= 15 is 0 Å². The Hall–Kier alpha value is -1.54. The van der Waals surface area contributed by atoms with Crippen molar-refractivity contribution < 1.29 is 19.1 Å². The van der Waals surface area contributed by atoms with Crippen LogP contribution in [0, 0.1) is 11.8 Å². The van der Waals surface area contributed by atoms with E-state index in [2.05, 4.69) is 28.7 Å². The molecule has 0 aliphatic heterocycles. The fraction of sp³-hybridized carbons (Fsp3) is 0.667. The molecule has 0 bridgehead atoms. The topological polar surface area (TPSA) is 52.6 Å². The van der Waals surface area contributed by atoms with Crippen LogP contribution in [0.3, 0.4) is 0 Å². The summed E-state index contributed by atoms with van der Waals surface area (Å²) in [5.74, 6) is -2.34. The third-order valence-corrected chi connectivity index (χ3v) is 3.06. The molecule has 0 aromatic carbocycles. The molecule has 0 aliphatic rings. The number of carbonyl (C=O) groups excluding carboxylic acids is 2. The van der Waals surface area contributed by atoms with Crippen molar-refractivity contribution in [3.8, 4) is 0 Å². The van der Waals surface area contributed by atoms with Gasteiger partial charge in [0.2, 0.25) is 0 Å². The molecule has 19 heavy (non-hydrogen) atoms. The highest BCUT2D eigenvalue weighted by Crippen LogP contribution is 2.23. The number of esters is 2. The first-order chi connectivity index (χ1) is 9.12. The predicted octanol–water partition coefficient (Wildman–Crippen LogP) is 2.88. The maximum absolute atomic E-state index is 11.7. The second-order valence-corrected chi connectivity index (χ2v) is 4.41. The number of allylic oxidation sites excluding steroid dienone is 1. The normalized spacial score (nSPS) is 11.6. The molecule has 0 spiro atoms. The summed E-state index contributed by atoms with van der Waals surface area (Å²) in [4.78, 5) is 23.5. The standard InChI is InChI=1S/C15H24O4/c1-5-7-8-9-11-12(10-6-2)13(14(16)18-3)15(17)19-4/h10,12-13H,2,5,7-9,11H2,1,3-4H3/t12-/m1/s1. The molecule has 0 saturated heterocycles. The highest BCUT2D eigenvalue weighted by Gasteiger charge is 2.35. The molecule has 0 N–H and O–H groups in total. The van der Waals surface area contributed by atoms with Crippen molar-refractivity contribution in [2.45, 2.75) is 39.0 Å². The lowest BCUT2D eigenvalue weighted by atomic mass is 9.87. The number of ether oxygens (including phenoxy) is 2. The molecule has 0 fully saturated rings. The minimum absolute atomic E-state index is 0.269. The zero-order valence-corrected chi connectivity index (χ0v) is 12.1. The van der Waals surface area contributed by atoms with Crippen LogP contribution in [-0.2, 0) is 19.1 Å². The van der Waals surface area contributed by atoms with Crippen LogP contribution in [0.15, 0.2) is 18.4 Å². The van der Waals surface area contributed by atoms with Gasteiger partial charge in [0.15, 0.2) is 5.92 Å². The molecule has 0 radical (unpaired) electrons. The van der Waals surface area contributed by atoms with Gasteiger partial charge in [0, 0.05) is 5.92 Å². The molecule has 1 atom stereocenters. The monoisotopic (exact) mass is 268 g/mol. The molecule has 4 nitrogen and oxygen atoms in total. The molecular formula is C15H24O4. The molecule has 108 valence electrons. The number of carbonyl (C=O) groups is 2.